The molecule has 3 atom stereocenters. The molecule has 0 amide bonds. The summed E-state index contributed by atoms with van der Waals surface area (Å²) in [6.45, 7) is 0.0616. The molecule has 0 heterocycles. The van der Waals surface area contributed by atoms with E-state index >= 15 is 0 Å². The van der Waals surface area contributed by atoms with Crippen LogP contribution >= 0.6 is 0 Å². The van der Waals surface area contributed by atoms with Crippen LogP contribution in [0.4, 0.5) is 30.7 Å². The Morgan fingerprint density at radius 1 is 1.17 bits per heavy atom. The first-order chi connectivity index (χ1) is 16.2. The van der Waals surface area contributed by atoms with Crippen LogP contribution in [0.25, 0.3) is 0 Å². The van der Waals surface area contributed by atoms with Crippen molar-refractivity contribution in [2.24, 2.45) is 11.3 Å². The highest BCUT2D eigenvalue weighted by Gasteiger charge is 2.70. The highest BCUT2D eigenvalue weighted by molar-refractivity contribution is 7.87. The fourth-order valence-corrected chi connectivity index (χ4v) is 4.90. The van der Waals surface area contributed by atoms with E-state index in [1.807, 2.05) is 6.08 Å². The van der Waals surface area contributed by atoms with Crippen LogP contribution in [0.3, 0.4) is 0 Å². The normalized spacial score (nSPS) is 24.9. The van der Waals surface area contributed by atoms with Gasteiger partial charge >= 0.3 is 45.2 Å². The number of alkyl halides is 7. The molecule has 0 saturated heterocycles. The maximum absolute atomic E-state index is 14.1. The van der Waals surface area contributed by atoms with E-state index in [9.17, 15) is 48.7 Å². The predicted octanol–water partition coefficient (Wildman–Crippen LogP) is 4.40. The van der Waals surface area contributed by atoms with E-state index in [1.54, 1.807) is 6.92 Å². The molecule has 0 spiro atoms. The Bertz CT molecular complexity index is 995. The lowest BCUT2D eigenvalue weighted by Crippen LogP contribution is -2.60. The van der Waals surface area contributed by atoms with E-state index in [0.717, 1.165) is 12.5 Å². The molecule has 3 unspecified atom stereocenters. The molecule has 208 valence electrons. The second kappa shape index (κ2) is 10.1. The van der Waals surface area contributed by atoms with Gasteiger partial charge in [-0.05, 0) is 44.9 Å². The molecule has 2 aliphatic carbocycles. The maximum atomic E-state index is 14.1. The first-order valence-corrected chi connectivity index (χ1v) is 12.2. The zero-order valence-electron chi connectivity index (χ0n) is 19.2. The van der Waals surface area contributed by atoms with Crippen LogP contribution in [-0.2, 0) is 33.9 Å². The first kappa shape index (κ1) is 30.3. The van der Waals surface area contributed by atoms with Crippen LogP contribution in [0.2, 0.25) is 0 Å². The van der Waals surface area contributed by atoms with Crippen molar-refractivity contribution in [2.45, 2.75) is 75.5 Å². The van der Waals surface area contributed by atoms with Crippen LogP contribution in [0.5, 0.6) is 0 Å². The zero-order valence-corrected chi connectivity index (χ0v) is 20.0. The quantitative estimate of drug-likeness (QED) is 0.138. The number of esters is 2. The van der Waals surface area contributed by atoms with E-state index in [0.29, 0.717) is 12.8 Å². The minimum absolute atomic E-state index is 0.0333. The largest absolute Gasteiger partial charge is 0.468 e. The monoisotopic (exact) mass is 558 g/mol. The van der Waals surface area contributed by atoms with Gasteiger partial charge in [-0.3, -0.25) is 9.35 Å². The second-order valence-corrected chi connectivity index (χ2v) is 10.3. The van der Waals surface area contributed by atoms with Gasteiger partial charge in [0.2, 0.25) is 0 Å². The van der Waals surface area contributed by atoms with E-state index in [1.165, 1.54) is 0 Å². The Morgan fingerprint density at radius 2 is 1.78 bits per heavy atom. The summed E-state index contributed by atoms with van der Waals surface area (Å²) < 4.78 is 140. The molecule has 2 bridgehead atoms. The standard InChI is InChI=1S/C20H25F7O8S/c1-3-33-15(29)18(19(23,24)25,34-8-7-17(21,22)20(26,27)36(30,31)32)35-14(28)16-6-4-5-13(11-16)9-12(2)10-16/h9,12H,3-8,10-11H2,1-2H3,(H,30,31,32). The van der Waals surface area contributed by atoms with Crippen molar-refractivity contribution in [1.29, 1.82) is 0 Å². The molecule has 8 nitrogen and oxygen atoms in total. The van der Waals surface area contributed by atoms with Gasteiger partial charge in [0.05, 0.1) is 18.6 Å². The summed E-state index contributed by atoms with van der Waals surface area (Å²) >= 11 is 0. The van der Waals surface area contributed by atoms with Gasteiger partial charge in [0, 0.05) is 6.42 Å². The lowest BCUT2D eigenvalue weighted by Gasteiger charge is -2.43. The summed E-state index contributed by atoms with van der Waals surface area (Å²) in [5.41, 5.74) is -0.686. The topological polar surface area (TPSA) is 116 Å². The molecular formula is C20H25F7O8S. The third kappa shape index (κ3) is 5.64. The highest BCUT2D eigenvalue weighted by Crippen LogP contribution is 2.50. The Labute approximate surface area is 201 Å². The van der Waals surface area contributed by atoms with Crippen molar-refractivity contribution < 1.29 is 67.5 Å². The number of carbonyl (C=O) groups excluding carboxylic acids is 2. The summed E-state index contributed by atoms with van der Waals surface area (Å²) in [5, 5.41) is -6.09. The van der Waals surface area contributed by atoms with Gasteiger partial charge in [0.15, 0.2) is 0 Å². The lowest BCUT2D eigenvalue weighted by molar-refractivity contribution is -0.360. The first-order valence-electron chi connectivity index (χ1n) is 10.8. The average molecular weight is 558 g/mol. The molecule has 0 radical (unpaired) electrons. The molecule has 16 heteroatoms. The molecule has 0 aromatic carbocycles. The van der Waals surface area contributed by atoms with Crippen LogP contribution in [0.15, 0.2) is 11.6 Å². The van der Waals surface area contributed by atoms with Gasteiger partial charge in [-0.25, -0.2) is 4.79 Å². The molecule has 36 heavy (non-hydrogen) atoms. The Hall–Kier alpha value is -1.94. The van der Waals surface area contributed by atoms with Gasteiger partial charge in [0.1, 0.15) is 0 Å². The van der Waals surface area contributed by atoms with Crippen molar-refractivity contribution >= 4 is 22.1 Å². The minimum atomic E-state index is -6.67. The lowest BCUT2D eigenvalue weighted by atomic mass is 9.63. The van der Waals surface area contributed by atoms with Crippen molar-refractivity contribution in [3.63, 3.8) is 0 Å². The summed E-state index contributed by atoms with van der Waals surface area (Å²) in [7, 11) is -6.67. The zero-order chi connectivity index (χ0) is 27.8. The van der Waals surface area contributed by atoms with Crippen molar-refractivity contribution in [2.75, 3.05) is 13.2 Å². The van der Waals surface area contributed by atoms with Gasteiger partial charge < -0.3 is 14.2 Å². The average Bonchev–Trinajstić information content (AvgIpc) is 2.70. The molecular weight excluding hydrogens is 533 g/mol. The SMILES string of the molecule is CCOC(=O)C(OCCC(F)(F)C(F)(F)S(=O)(=O)O)(OC(=O)C12CCCC(=CC(C)C1)C2)C(F)(F)F. The molecule has 0 aromatic heterocycles. The van der Waals surface area contributed by atoms with Crippen LogP contribution in [-0.4, -0.2) is 61.3 Å². The Kier molecular flexibility index (Phi) is 8.48. The van der Waals surface area contributed by atoms with E-state index in [4.69, 9.17) is 4.55 Å². The molecule has 1 fully saturated rings. The fraction of sp³-hybridized carbons (Fsp3) is 0.800. The molecule has 1 N–H and O–H groups in total. The minimum Gasteiger partial charge on any atom is -0.461 e. The number of halogens is 7. The fourth-order valence-electron chi connectivity index (χ4n) is 4.42. The predicted molar refractivity (Wildman–Crippen MR) is 106 cm³/mol. The summed E-state index contributed by atoms with van der Waals surface area (Å²) in [5.74, 6) is -14.3. The van der Waals surface area contributed by atoms with Crippen molar-refractivity contribution in [1.82, 2.24) is 0 Å². The smallest absolute Gasteiger partial charge is 0.461 e. The Morgan fingerprint density at radius 3 is 2.31 bits per heavy atom. The van der Waals surface area contributed by atoms with Gasteiger partial charge in [-0.1, -0.05) is 18.6 Å². The summed E-state index contributed by atoms with van der Waals surface area (Å²) in [6.07, 6.45) is -5.26. The third-order valence-electron chi connectivity index (χ3n) is 6.01. The van der Waals surface area contributed by atoms with Crippen LogP contribution in [0.1, 0.15) is 52.4 Å². The number of carbonyl (C=O) groups is 2. The second-order valence-electron chi connectivity index (χ2n) is 8.84. The number of hydrogen-bond acceptors (Lipinski definition) is 7. The Balaban J connectivity index is 2.40. The van der Waals surface area contributed by atoms with Crippen molar-refractivity contribution in [3.8, 4) is 0 Å². The van der Waals surface area contributed by atoms with E-state index in [2.05, 4.69) is 14.2 Å². The summed E-state index contributed by atoms with van der Waals surface area (Å²) in [4.78, 5) is 25.4. The number of fused-ring (bicyclic) bond motifs is 2. The maximum Gasteiger partial charge on any atom is 0.468 e. The van der Waals surface area contributed by atoms with Crippen LogP contribution in [0, 0.1) is 11.3 Å². The highest BCUT2D eigenvalue weighted by atomic mass is 32.2. The number of hydrogen-bond donors (Lipinski definition) is 1. The van der Waals surface area contributed by atoms with Gasteiger partial charge in [-0.2, -0.15) is 39.2 Å². The molecule has 0 aromatic rings. The van der Waals surface area contributed by atoms with Gasteiger partial charge in [-0.15, -0.1) is 0 Å². The number of allylic oxidation sites excluding steroid dienone is 2. The number of ether oxygens (including phenoxy) is 3. The third-order valence-corrected chi connectivity index (χ3v) is 6.96. The summed E-state index contributed by atoms with van der Waals surface area (Å²) in [6, 6.07) is 0. The van der Waals surface area contributed by atoms with Crippen molar-refractivity contribution in [3.05, 3.63) is 11.6 Å². The molecule has 2 rings (SSSR count). The van der Waals surface area contributed by atoms with Gasteiger partial charge in [0.25, 0.3) is 0 Å². The molecule has 1 saturated carbocycles. The molecule has 2 aliphatic rings. The molecule has 0 aliphatic heterocycles. The van der Waals surface area contributed by atoms with Crippen LogP contribution < -0.4 is 0 Å². The number of rotatable bonds is 10. The van der Waals surface area contributed by atoms with E-state index < -0.39 is 70.2 Å². The van der Waals surface area contributed by atoms with E-state index in [-0.39, 0.29) is 25.2 Å².